The molecule has 6 heteroatoms. The van der Waals surface area contributed by atoms with E-state index in [-0.39, 0.29) is 18.5 Å². The zero-order chi connectivity index (χ0) is 47.9. The van der Waals surface area contributed by atoms with Crippen LogP contribution in [0, 0.1) is 0 Å². The van der Waals surface area contributed by atoms with Crippen LogP contribution in [0.2, 0.25) is 0 Å². The van der Waals surface area contributed by atoms with E-state index in [4.69, 9.17) is 4.74 Å². The minimum Gasteiger partial charge on any atom is -0.466 e. The average molecular weight is 927 g/mol. The summed E-state index contributed by atoms with van der Waals surface area (Å²) in [5.41, 5.74) is 0. The average Bonchev–Trinajstić information content (AvgIpc) is 3.32. The lowest BCUT2D eigenvalue weighted by Gasteiger charge is -2.22. The van der Waals surface area contributed by atoms with Gasteiger partial charge in [0.2, 0.25) is 5.91 Å². The molecule has 66 heavy (non-hydrogen) atoms. The molecule has 0 aliphatic carbocycles. The van der Waals surface area contributed by atoms with Crippen molar-refractivity contribution in [3.63, 3.8) is 0 Å². The highest BCUT2D eigenvalue weighted by Gasteiger charge is 2.20. The molecule has 0 aliphatic rings. The Labute approximate surface area is 410 Å². The van der Waals surface area contributed by atoms with Crippen molar-refractivity contribution in [3.8, 4) is 0 Å². The summed E-state index contributed by atoms with van der Waals surface area (Å²) in [4.78, 5) is 24.5. The Morgan fingerprint density at radius 1 is 0.439 bits per heavy atom. The van der Waals surface area contributed by atoms with E-state index < -0.39 is 12.1 Å². The van der Waals surface area contributed by atoms with Crippen LogP contribution in [0.4, 0.5) is 0 Å². The molecule has 0 radical (unpaired) electrons. The maximum atomic E-state index is 12.5. The third-order valence-corrected chi connectivity index (χ3v) is 13.1. The van der Waals surface area contributed by atoms with Gasteiger partial charge < -0.3 is 20.3 Å². The predicted octanol–water partition coefficient (Wildman–Crippen LogP) is 17.8. The number of carbonyl (C=O) groups is 2. The van der Waals surface area contributed by atoms with Gasteiger partial charge in [-0.3, -0.25) is 9.59 Å². The van der Waals surface area contributed by atoms with Crippen LogP contribution in [0.25, 0.3) is 0 Å². The molecule has 2 unspecified atom stereocenters. The minimum atomic E-state index is -0.681. The van der Waals surface area contributed by atoms with E-state index in [1.165, 1.54) is 173 Å². The van der Waals surface area contributed by atoms with E-state index in [2.05, 4.69) is 67.8 Å². The number of esters is 1. The molecule has 386 valence electrons. The summed E-state index contributed by atoms with van der Waals surface area (Å²) in [6.07, 6.45) is 69.6. The van der Waals surface area contributed by atoms with Gasteiger partial charge in [-0.25, -0.2) is 0 Å². The van der Waals surface area contributed by atoms with E-state index in [1.807, 2.05) is 0 Å². The number of ether oxygens (including phenoxy) is 1. The summed E-state index contributed by atoms with van der Waals surface area (Å²) in [6.45, 7) is 4.83. The van der Waals surface area contributed by atoms with Crippen LogP contribution < -0.4 is 5.32 Å². The highest BCUT2D eigenvalue weighted by Crippen LogP contribution is 2.17. The summed E-state index contributed by atoms with van der Waals surface area (Å²) in [7, 11) is 0. The van der Waals surface area contributed by atoms with E-state index in [1.54, 1.807) is 0 Å². The lowest BCUT2D eigenvalue weighted by molar-refractivity contribution is -0.143. The van der Waals surface area contributed by atoms with Gasteiger partial charge >= 0.3 is 5.97 Å². The Bertz CT molecular complexity index is 1110. The van der Waals surface area contributed by atoms with E-state index in [0.29, 0.717) is 25.9 Å². The number of hydrogen-bond acceptors (Lipinski definition) is 5. The van der Waals surface area contributed by atoms with Gasteiger partial charge in [0.15, 0.2) is 0 Å². The predicted molar refractivity (Wildman–Crippen MR) is 287 cm³/mol. The minimum absolute atomic E-state index is 0.0371. The summed E-state index contributed by atoms with van der Waals surface area (Å²) in [5.74, 6) is -0.0938. The molecule has 0 aromatic heterocycles. The molecule has 1 amide bonds. The molecular weight excluding hydrogens is 815 g/mol. The Morgan fingerprint density at radius 2 is 0.833 bits per heavy atom. The van der Waals surface area contributed by atoms with Crippen LogP contribution in [0.15, 0.2) is 48.6 Å². The monoisotopic (exact) mass is 926 g/mol. The number of rotatable bonds is 53. The fourth-order valence-corrected chi connectivity index (χ4v) is 8.67. The van der Waals surface area contributed by atoms with E-state index >= 15 is 0 Å². The largest absolute Gasteiger partial charge is 0.466 e. The number of hydrogen-bond donors (Lipinski definition) is 3. The molecule has 0 rings (SSSR count). The van der Waals surface area contributed by atoms with Crippen molar-refractivity contribution in [1.82, 2.24) is 5.32 Å². The first-order chi connectivity index (χ1) is 32.5. The van der Waals surface area contributed by atoms with Crippen molar-refractivity contribution in [1.29, 1.82) is 0 Å². The third-order valence-electron chi connectivity index (χ3n) is 13.1. The molecule has 3 N–H and O–H groups in total. The van der Waals surface area contributed by atoms with Crippen molar-refractivity contribution in [3.05, 3.63) is 48.6 Å². The number of aliphatic hydroxyl groups excluding tert-OH is 2. The molecule has 0 saturated heterocycles. The van der Waals surface area contributed by atoms with Crippen molar-refractivity contribution in [2.24, 2.45) is 0 Å². The van der Waals surface area contributed by atoms with Crippen molar-refractivity contribution >= 4 is 11.9 Å². The highest BCUT2D eigenvalue weighted by atomic mass is 16.5. The first kappa shape index (κ1) is 63.8. The maximum absolute atomic E-state index is 12.5. The number of amides is 1. The van der Waals surface area contributed by atoms with Gasteiger partial charge in [0.25, 0.3) is 0 Å². The molecule has 0 spiro atoms. The fourth-order valence-electron chi connectivity index (χ4n) is 8.67. The van der Waals surface area contributed by atoms with Gasteiger partial charge in [0.1, 0.15) is 0 Å². The van der Waals surface area contributed by atoms with Crippen LogP contribution in [-0.4, -0.2) is 47.4 Å². The second-order valence-electron chi connectivity index (χ2n) is 19.6. The fraction of sp³-hybridized carbons (Fsp3) is 0.833. The van der Waals surface area contributed by atoms with Crippen LogP contribution in [-0.2, 0) is 14.3 Å². The first-order valence-electron chi connectivity index (χ1n) is 28.9. The van der Waals surface area contributed by atoms with E-state index in [0.717, 1.165) is 89.9 Å². The zero-order valence-corrected chi connectivity index (χ0v) is 43.9. The maximum Gasteiger partial charge on any atom is 0.305 e. The highest BCUT2D eigenvalue weighted by molar-refractivity contribution is 5.76. The lowest BCUT2D eigenvalue weighted by Crippen LogP contribution is -2.45. The molecule has 0 bridgehead atoms. The van der Waals surface area contributed by atoms with Crippen molar-refractivity contribution in [2.75, 3.05) is 13.2 Å². The van der Waals surface area contributed by atoms with Gasteiger partial charge in [0.05, 0.1) is 25.4 Å². The number of allylic oxidation sites excluding steroid dienone is 8. The number of nitrogens with one attached hydrogen (secondary N) is 1. The first-order valence-corrected chi connectivity index (χ1v) is 28.9. The Balaban J connectivity index is 3.53. The topological polar surface area (TPSA) is 95.9 Å². The van der Waals surface area contributed by atoms with Gasteiger partial charge in [0, 0.05) is 12.8 Å². The summed E-state index contributed by atoms with van der Waals surface area (Å²) >= 11 is 0. The molecule has 0 aromatic rings. The molecule has 0 heterocycles. The molecule has 0 saturated carbocycles. The lowest BCUT2D eigenvalue weighted by atomic mass is 10.0. The Hall–Kier alpha value is -2.18. The van der Waals surface area contributed by atoms with Gasteiger partial charge in [-0.15, -0.1) is 0 Å². The second kappa shape index (κ2) is 55.4. The molecule has 0 aliphatic heterocycles. The van der Waals surface area contributed by atoms with Crippen LogP contribution in [0.3, 0.4) is 0 Å². The Morgan fingerprint density at radius 3 is 1.30 bits per heavy atom. The van der Waals surface area contributed by atoms with E-state index in [9.17, 15) is 19.8 Å². The number of aliphatic hydroxyl groups is 2. The van der Waals surface area contributed by atoms with Crippen molar-refractivity contribution < 1.29 is 24.5 Å². The molecular formula is C60H111NO5. The van der Waals surface area contributed by atoms with Crippen LogP contribution in [0.5, 0.6) is 0 Å². The second-order valence-corrected chi connectivity index (χ2v) is 19.6. The summed E-state index contributed by atoms with van der Waals surface area (Å²) in [5, 5.41) is 23.3. The summed E-state index contributed by atoms with van der Waals surface area (Å²) in [6, 6.07) is -0.560. The molecule has 2 atom stereocenters. The Kier molecular flexibility index (Phi) is 53.6. The number of unbranched alkanes of at least 4 members (excludes halogenated alkanes) is 35. The normalized spacial score (nSPS) is 13.0. The third kappa shape index (κ3) is 51.2. The standard InChI is InChI=1S/C60H111NO5/c1-3-5-7-9-11-13-15-17-18-19-20-21-22-23-25-29-32-36-40-44-48-52-58(63)57(56-62)61-59(64)53-49-45-41-37-33-30-26-24-27-31-35-39-43-47-51-55-66-60(65)54-50-46-42-38-34-28-16-14-12-10-8-6-4-2/h8,10,14,16,24,27,31,35,57-58,62-63H,3-7,9,11-13,15,17-23,25-26,28-30,32-34,36-56H2,1-2H3,(H,61,64)/b10-8-,16-14-,27-24-,35-31-. The van der Waals surface area contributed by atoms with Gasteiger partial charge in [-0.05, 0) is 83.5 Å². The van der Waals surface area contributed by atoms with Crippen molar-refractivity contribution in [2.45, 2.75) is 309 Å². The zero-order valence-electron chi connectivity index (χ0n) is 43.9. The van der Waals surface area contributed by atoms with Crippen LogP contribution in [0.1, 0.15) is 296 Å². The molecule has 0 fully saturated rings. The van der Waals surface area contributed by atoms with Crippen LogP contribution >= 0.6 is 0 Å². The number of carbonyl (C=O) groups excluding carboxylic acids is 2. The quantitative estimate of drug-likeness (QED) is 0.0244. The summed E-state index contributed by atoms with van der Waals surface area (Å²) < 4.78 is 5.43. The smallest absolute Gasteiger partial charge is 0.305 e. The van der Waals surface area contributed by atoms with Gasteiger partial charge in [-0.2, -0.15) is 0 Å². The SMILES string of the molecule is CCC/C=C\C/C=C\CCCCCCCC(=O)OCCCCC/C=C\C=C/CCCCCCCCC(=O)NC(CO)C(O)CCCCCCCCCCCCCCCCCCCCCCC. The molecule has 6 nitrogen and oxygen atoms in total. The van der Waals surface area contributed by atoms with Gasteiger partial charge in [-0.1, -0.05) is 249 Å². The molecule has 0 aromatic carbocycles.